The number of nitrogens with one attached hydrogen (secondary N) is 1. The van der Waals surface area contributed by atoms with Crippen LogP contribution in [0.1, 0.15) is 33.6 Å². The van der Waals surface area contributed by atoms with Crippen molar-refractivity contribution < 1.29 is 4.92 Å². The lowest BCUT2D eigenvalue weighted by atomic mass is 10.1. The molecule has 0 amide bonds. The van der Waals surface area contributed by atoms with Gasteiger partial charge in [0.2, 0.25) is 5.82 Å². The number of nitrogen functional groups attached to an aromatic ring is 1. The van der Waals surface area contributed by atoms with Gasteiger partial charge in [-0.1, -0.05) is 13.8 Å². The molecule has 1 atom stereocenters. The molecular formula is C14H25N5O2. The maximum atomic E-state index is 11.0. The van der Waals surface area contributed by atoms with Crippen molar-refractivity contribution in [3.05, 3.63) is 22.4 Å². The summed E-state index contributed by atoms with van der Waals surface area (Å²) in [5.74, 6) is -0.0552. The Labute approximate surface area is 125 Å². The van der Waals surface area contributed by atoms with Crippen LogP contribution in [0, 0.1) is 10.1 Å². The van der Waals surface area contributed by atoms with Gasteiger partial charge in [-0.3, -0.25) is 10.1 Å². The van der Waals surface area contributed by atoms with E-state index in [1.807, 2.05) is 6.92 Å². The van der Waals surface area contributed by atoms with Crippen LogP contribution in [-0.2, 0) is 0 Å². The van der Waals surface area contributed by atoms with E-state index in [1.165, 1.54) is 6.20 Å². The molecule has 1 unspecified atom stereocenters. The van der Waals surface area contributed by atoms with Crippen molar-refractivity contribution in [1.82, 2.24) is 9.88 Å². The van der Waals surface area contributed by atoms with Crippen LogP contribution in [-0.4, -0.2) is 40.5 Å². The van der Waals surface area contributed by atoms with Crippen LogP contribution < -0.4 is 11.1 Å². The largest absolute Gasteiger partial charge is 0.378 e. The Morgan fingerprint density at radius 1 is 1.48 bits per heavy atom. The van der Waals surface area contributed by atoms with Gasteiger partial charge in [0.1, 0.15) is 5.69 Å². The van der Waals surface area contributed by atoms with E-state index in [2.05, 4.69) is 29.0 Å². The maximum Gasteiger partial charge on any atom is 0.333 e. The average molecular weight is 295 g/mol. The summed E-state index contributed by atoms with van der Waals surface area (Å²) in [5.41, 5.74) is 5.86. The van der Waals surface area contributed by atoms with Crippen molar-refractivity contribution in [3.63, 3.8) is 0 Å². The number of nitrogens with zero attached hydrogens (tertiary/aromatic N) is 3. The van der Waals surface area contributed by atoms with Crippen molar-refractivity contribution in [3.8, 4) is 0 Å². The van der Waals surface area contributed by atoms with Crippen LogP contribution in [0.2, 0.25) is 0 Å². The highest BCUT2D eigenvalue weighted by Crippen LogP contribution is 2.29. The Balaban J connectivity index is 2.57. The number of aromatic nitrogens is 1. The van der Waals surface area contributed by atoms with Crippen molar-refractivity contribution in [2.75, 3.05) is 30.7 Å². The van der Waals surface area contributed by atoms with Gasteiger partial charge in [-0.25, -0.2) is 4.98 Å². The predicted molar refractivity (Wildman–Crippen MR) is 85.4 cm³/mol. The van der Waals surface area contributed by atoms with Crippen molar-refractivity contribution in [2.24, 2.45) is 0 Å². The number of anilines is 2. The fraction of sp³-hybridized carbons (Fsp3) is 0.643. The van der Waals surface area contributed by atoms with E-state index in [-0.39, 0.29) is 17.5 Å². The summed E-state index contributed by atoms with van der Waals surface area (Å²) in [6, 6.07) is 1.73. The summed E-state index contributed by atoms with van der Waals surface area (Å²) < 4.78 is 0. The summed E-state index contributed by atoms with van der Waals surface area (Å²) in [7, 11) is 0. The van der Waals surface area contributed by atoms with Gasteiger partial charge >= 0.3 is 5.69 Å². The quantitative estimate of drug-likeness (QED) is 0.536. The van der Waals surface area contributed by atoms with Crippen LogP contribution in [0.5, 0.6) is 0 Å². The van der Waals surface area contributed by atoms with Crippen molar-refractivity contribution in [2.45, 2.75) is 39.7 Å². The highest BCUT2D eigenvalue weighted by atomic mass is 16.6. The summed E-state index contributed by atoms with van der Waals surface area (Å²) in [6.07, 6.45) is 3.47. The zero-order valence-electron chi connectivity index (χ0n) is 13.0. The Bertz CT molecular complexity index is 463. The zero-order valence-corrected chi connectivity index (χ0v) is 13.0. The normalized spacial score (nSPS) is 12.4. The Kier molecular flexibility index (Phi) is 6.87. The van der Waals surface area contributed by atoms with E-state index in [4.69, 9.17) is 5.73 Å². The fourth-order valence-electron chi connectivity index (χ4n) is 2.28. The van der Waals surface area contributed by atoms with E-state index >= 15 is 0 Å². The van der Waals surface area contributed by atoms with Crippen LogP contribution in [0.15, 0.2) is 12.3 Å². The minimum absolute atomic E-state index is 0.0552. The Hall–Kier alpha value is -1.89. The molecule has 0 radical (unpaired) electrons. The van der Waals surface area contributed by atoms with Gasteiger partial charge < -0.3 is 16.0 Å². The molecule has 1 aromatic rings. The minimum atomic E-state index is -0.493. The van der Waals surface area contributed by atoms with Gasteiger partial charge in [-0.15, -0.1) is 0 Å². The lowest BCUT2D eigenvalue weighted by Crippen LogP contribution is -2.25. The van der Waals surface area contributed by atoms with Gasteiger partial charge in [0.25, 0.3) is 0 Å². The van der Waals surface area contributed by atoms with Crippen LogP contribution >= 0.6 is 0 Å². The molecule has 0 aliphatic carbocycles. The summed E-state index contributed by atoms with van der Waals surface area (Å²) in [6.45, 7) is 9.44. The molecule has 0 saturated heterocycles. The SMILES string of the molecule is CCN(CC)CCCC(C)Nc1ccnc(N)c1[N+](=O)[O-]. The molecule has 0 fully saturated rings. The molecule has 0 aliphatic rings. The van der Waals surface area contributed by atoms with Crippen LogP contribution in [0.3, 0.4) is 0 Å². The molecule has 1 heterocycles. The molecule has 0 aromatic carbocycles. The second kappa shape index (κ2) is 8.41. The molecule has 7 heteroatoms. The first-order chi connectivity index (χ1) is 9.99. The molecule has 118 valence electrons. The maximum absolute atomic E-state index is 11.0. The Morgan fingerprint density at radius 3 is 2.71 bits per heavy atom. The van der Waals surface area contributed by atoms with E-state index in [1.54, 1.807) is 6.07 Å². The van der Waals surface area contributed by atoms with Gasteiger partial charge in [0.15, 0.2) is 0 Å². The van der Waals surface area contributed by atoms with E-state index in [0.717, 1.165) is 32.5 Å². The van der Waals surface area contributed by atoms with Crippen molar-refractivity contribution >= 4 is 17.2 Å². The first-order valence-corrected chi connectivity index (χ1v) is 7.37. The van der Waals surface area contributed by atoms with Gasteiger partial charge in [0.05, 0.1) is 4.92 Å². The summed E-state index contributed by atoms with van der Waals surface area (Å²) >= 11 is 0. The third-order valence-electron chi connectivity index (χ3n) is 3.54. The third kappa shape index (κ3) is 5.18. The van der Waals surface area contributed by atoms with E-state index < -0.39 is 4.92 Å². The Morgan fingerprint density at radius 2 is 2.14 bits per heavy atom. The highest BCUT2D eigenvalue weighted by molar-refractivity contribution is 5.71. The highest BCUT2D eigenvalue weighted by Gasteiger charge is 2.20. The molecule has 21 heavy (non-hydrogen) atoms. The summed E-state index contributed by atoms with van der Waals surface area (Å²) in [4.78, 5) is 16.7. The van der Waals surface area contributed by atoms with E-state index in [9.17, 15) is 10.1 Å². The van der Waals surface area contributed by atoms with Crippen LogP contribution in [0.25, 0.3) is 0 Å². The zero-order chi connectivity index (χ0) is 15.8. The predicted octanol–water partition coefficient (Wildman–Crippen LogP) is 2.49. The van der Waals surface area contributed by atoms with Gasteiger partial charge in [-0.05, 0) is 45.5 Å². The van der Waals surface area contributed by atoms with Gasteiger partial charge in [0, 0.05) is 12.2 Å². The fourth-order valence-corrected chi connectivity index (χ4v) is 2.28. The number of nitrogens with two attached hydrogens (primary N) is 1. The number of rotatable bonds is 9. The second-order valence-electron chi connectivity index (χ2n) is 5.06. The van der Waals surface area contributed by atoms with Crippen LogP contribution in [0.4, 0.5) is 17.2 Å². The average Bonchev–Trinajstić information content (AvgIpc) is 2.43. The topological polar surface area (TPSA) is 97.3 Å². The summed E-state index contributed by atoms with van der Waals surface area (Å²) in [5, 5.41) is 14.2. The molecular weight excluding hydrogens is 270 g/mol. The second-order valence-corrected chi connectivity index (χ2v) is 5.06. The molecule has 3 N–H and O–H groups in total. The molecule has 7 nitrogen and oxygen atoms in total. The lowest BCUT2D eigenvalue weighted by Gasteiger charge is -2.20. The molecule has 1 rings (SSSR count). The number of hydrogen-bond acceptors (Lipinski definition) is 6. The number of hydrogen-bond donors (Lipinski definition) is 2. The molecule has 0 aliphatic heterocycles. The lowest BCUT2D eigenvalue weighted by molar-refractivity contribution is -0.383. The molecule has 0 saturated carbocycles. The first-order valence-electron chi connectivity index (χ1n) is 7.37. The standard InChI is InChI=1S/C14H25N5O2/c1-4-18(5-2)10-6-7-11(3)17-12-8-9-16-14(15)13(12)19(20)21/h8-9,11H,4-7,10H2,1-3H3,(H3,15,16,17). The third-order valence-corrected chi connectivity index (χ3v) is 3.54. The number of nitro groups is 1. The monoisotopic (exact) mass is 295 g/mol. The van der Waals surface area contributed by atoms with Crippen molar-refractivity contribution in [1.29, 1.82) is 0 Å². The molecule has 0 spiro atoms. The van der Waals surface area contributed by atoms with E-state index in [0.29, 0.717) is 5.69 Å². The molecule has 1 aromatic heterocycles. The smallest absolute Gasteiger partial charge is 0.333 e. The van der Waals surface area contributed by atoms with Gasteiger partial charge in [-0.2, -0.15) is 0 Å². The number of pyridine rings is 1. The first kappa shape index (κ1) is 17.2. The molecule has 0 bridgehead atoms. The minimum Gasteiger partial charge on any atom is -0.378 e.